The van der Waals surface area contributed by atoms with Crippen molar-refractivity contribution in [1.29, 1.82) is 0 Å². The van der Waals surface area contributed by atoms with E-state index in [1.165, 1.54) is 12.8 Å². The van der Waals surface area contributed by atoms with Crippen molar-refractivity contribution in [3.05, 3.63) is 23.8 Å². The summed E-state index contributed by atoms with van der Waals surface area (Å²) in [4.78, 5) is 12.8. The monoisotopic (exact) mass is 273 g/mol. The molecule has 1 N–H and O–H groups in total. The Labute approximate surface area is 118 Å². The first kappa shape index (κ1) is 13.2. The first-order chi connectivity index (χ1) is 9.76. The first-order valence-corrected chi connectivity index (χ1v) is 7.11. The van der Waals surface area contributed by atoms with Gasteiger partial charge in [-0.1, -0.05) is 12.1 Å². The molecule has 0 aliphatic heterocycles. The largest absolute Gasteiger partial charge is 0.339 e. The molecule has 1 aliphatic rings. The highest BCUT2D eigenvalue weighted by Gasteiger charge is 2.32. The van der Waals surface area contributed by atoms with Gasteiger partial charge in [0.1, 0.15) is 0 Å². The number of aryl methyl sites for hydroxylation is 1. The highest BCUT2D eigenvalue weighted by atomic mass is 16.5. The van der Waals surface area contributed by atoms with Crippen LogP contribution in [0, 0.1) is 12.8 Å². The van der Waals surface area contributed by atoms with Gasteiger partial charge in [-0.05, 0) is 37.8 Å². The van der Waals surface area contributed by atoms with Gasteiger partial charge in [0.2, 0.25) is 17.5 Å². The molecule has 1 aliphatic carbocycles. The molecule has 0 radical (unpaired) electrons. The van der Waals surface area contributed by atoms with E-state index in [9.17, 15) is 0 Å². The van der Waals surface area contributed by atoms with Gasteiger partial charge in [-0.25, -0.2) is 9.97 Å². The Morgan fingerprint density at radius 1 is 1.30 bits per heavy atom. The average Bonchev–Trinajstić information content (AvgIpc) is 3.20. The summed E-state index contributed by atoms with van der Waals surface area (Å²) in [6.45, 7) is 5.03. The first-order valence-electron chi connectivity index (χ1n) is 7.11. The van der Waals surface area contributed by atoms with E-state index in [0.29, 0.717) is 23.6 Å². The molecular formula is C14H19N5O. The lowest BCUT2D eigenvalue weighted by atomic mass is 10.1. The number of aromatic nitrogens is 4. The maximum atomic E-state index is 5.32. The van der Waals surface area contributed by atoms with E-state index in [1.54, 1.807) is 12.4 Å². The van der Waals surface area contributed by atoms with Gasteiger partial charge in [0.05, 0.1) is 0 Å². The zero-order valence-electron chi connectivity index (χ0n) is 11.8. The van der Waals surface area contributed by atoms with Gasteiger partial charge in [0.15, 0.2) is 0 Å². The summed E-state index contributed by atoms with van der Waals surface area (Å²) in [5, 5.41) is 7.46. The molecule has 1 fully saturated rings. The molecule has 2 aromatic rings. The number of hydrogen-bond donors (Lipinski definition) is 1. The summed E-state index contributed by atoms with van der Waals surface area (Å²) in [7, 11) is 0. The van der Waals surface area contributed by atoms with Gasteiger partial charge in [-0.15, -0.1) is 0 Å². The molecule has 0 saturated heterocycles. The summed E-state index contributed by atoms with van der Waals surface area (Å²) in [5.74, 6) is 2.38. The Kier molecular flexibility index (Phi) is 3.73. The molecule has 6 nitrogen and oxygen atoms in total. The smallest absolute Gasteiger partial charge is 0.240 e. The number of nitrogens with zero attached hydrogens (tertiary/aromatic N) is 4. The van der Waals surface area contributed by atoms with Gasteiger partial charge < -0.3 is 9.84 Å². The lowest BCUT2D eigenvalue weighted by Crippen LogP contribution is -2.33. The molecule has 0 bridgehead atoms. The fraction of sp³-hybridized carbons (Fsp3) is 0.571. The van der Waals surface area contributed by atoms with Crippen LogP contribution in [-0.2, 0) is 6.42 Å². The normalized spacial score (nSPS) is 16.3. The molecule has 106 valence electrons. The molecule has 0 amide bonds. The van der Waals surface area contributed by atoms with Crippen molar-refractivity contribution < 1.29 is 4.52 Å². The zero-order valence-corrected chi connectivity index (χ0v) is 11.8. The Morgan fingerprint density at radius 3 is 2.70 bits per heavy atom. The van der Waals surface area contributed by atoms with Crippen molar-refractivity contribution in [2.45, 2.75) is 39.2 Å². The Hall–Kier alpha value is -1.82. The van der Waals surface area contributed by atoms with E-state index in [1.807, 2.05) is 6.92 Å². The summed E-state index contributed by atoms with van der Waals surface area (Å²) >= 11 is 0. The van der Waals surface area contributed by atoms with Gasteiger partial charge in [-0.3, -0.25) is 0 Å². The predicted octanol–water partition coefficient (Wildman–Crippen LogP) is 1.77. The molecule has 2 aromatic heterocycles. The van der Waals surface area contributed by atoms with Crippen LogP contribution in [0.5, 0.6) is 0 Å². The van der Waals surface area contributed by atoms with Crippen molar-refractivity contribution >= 4 is 0 Å². The molecule has 0 aromatic carbocycles. The van der Waals surface area contributed by atoms with Crippen LogP contribution in [0.2, 0.25) is 0 Å². The third-order valence-electron chi connectivity index (χ3n) is 3.50. The number of nitrogens with one attached hydrogen (secondary N) is 1. The second-order valence-corrected chi connectivity index (χ2v) is 5.30. The van der Waals surface area contributed by atoms with Crippen molar-refractivity contribution in [3.8, 4) is 11.6 Å². The minimum atomic E-state index is 0.437. The van der Waals surface area contributed by atoms with Crippen LogP contribution in [0.3, 0.4) is 0 Å². The average molecular weight is 273 g/mol. The van der Waals surface area contributed by atoms with Gasteiger partial charge >= 0.3 is 0 Å². The van der Waals surface area contributed by atoms with Crippen LogP contribution in [-0.4, -0.2) is 32.7 Å². The van der Waals surface area contributed by atoms with Crippen molar-refractivity contribution in [1.82, 2.24) is 25.4 Å². The van der Waals surface area contributed by atoms with Crippen molar-refractivity contribution in [3.63, 3.8) is 0 Å². The fourth-order valence-corrected chi connectivity index (χ4v) is 2.29. The van der Waals surface area contributed by atoms with Crippen LogP contribution in [0.1, 0.15) is 31.2 Å². The molecule has 3 rings (SSSR count). The van der Waals surface area contributed by atoms with Crippen LogP contribution in [0.25, 0.3) is 11.6 Å². The maximum Gasteiger partial charge on any atom is 0.240 e. The number of rotatable bonds is 6. The van der Waals surface area contributed by atoms with Crippen LogP contribution in [0.15, 0.2) is 16.9 Å². The molecular weight excluding hydrogens is 254 g/mol. The maximum absolute atomic E-state index is 5.32. The summed E-state index contributed by atoms with van der Waals surface area (Å²) in [6.07, 6.45) is 6.87. The molecule has 1 atom stereocenters. The van der Waals surface area contributed by atoms with Crippen LogP contribution >= 0.6 is 0 Å². The van der Waals surface area contributed by atoms with Crippen LogP contribution < -0.4 is 5.32 Å². The Morgan fingerprint density at radius 2 is 2.05 bits per heavy atom. The van der Waals surface area contributed by atoms with E-state index in [4.69, 9.17) is 4.52 Å². The lowest BCUT2D eigenvalue weighted by molar-refractivity contribution is 0.348. The quantitative estimate of drug-likeness (QED) is 0.864. The molecule has 2 heterocycles. The second-order valence-electron chi connectivity index (χ2n) is 5.30. The Bertz CT molecular complexity index is 561. The minimum absolute atomic E-state index is 0.437. The van der Waals surface area contributed by atoms with Gasteiger partial charge in [0.25, 0.3) is 0 Å². The second kappa shape index (κ2) is 5.66. The molecule has 0 spiro atoms. The highest BCUT2D eigenvalue weighted by molar-refractivity contribution is 5.40. The Balaban J connectivity index is 1.71. The van der Waals surface area contributed by atoms with Gasteiger partial charge in [0, 0.05) is 24.9 Å². The zero-order chi connectivity index (χ0) is 13.9. The topological polar surface area (TPSA) is 76.7 Å². The number of likely N-dealkylation sites (N-methyl/N-ethyl adjacent to an activating group) is 1. The fourth-order valence-electron chi connectivity index (χ4n) is 2.29. The van der Waals surface area contributed by atoms with Gasteiger partial charge in [-0.2, -0.15) is 4.98 Å². The summed E-state index contributed by atoms with van der Waals surface area (Å²) in [6, 6.07) is 0.437. The molecule has 20 heavy (non-hydrogen) atoms. The van der Waals surface area contributed by atoms with Crippen molar-refractivity contribution in [2.75, 3.05) is 6.54 Å². The van der Waals surface area contributed by atoms with E-state index in [-0.39, 0.29) is 0 Å². The lowest BCUT2D eigenvalue weighted by Gasteiger charge is -2.14. The predicted molar refractivity (Wildman–Crippen MR) is 74.0 cm³/mol. The summed E-state index contributed by atoms with van der Waals surface area (Å²) < 4.78 is 5.32. The van der Waals surface area contributed by atoms with E-state index < -0.39 is 0 Å². The minimum Gasteiger partial charge on any atom is -0.339 e. The third-order valence-corrected chi connectivity index (χ3v) is 3.50. The van der Waals surface area contributed by atoms with E-state index in [2.05, 4.69) is 32.3 Å². The third kappa shape index (κ3) is 3.01. The SMILES string of the molecule is CCNC(Cc1nc(-c2ncc(C)cn2)no1)C1CC1. The molecule has 1 unspecified atom stereocenters. The van der Waals surface area contributed by atoms with E-state index in [0.717, 1.165) is 24.4 Å². The highest BCUT2D eigenvalue weighted by Crippen LogP contribution is 2.34. The molecule has 6 heteroatoms. The van der Waals surface area contributed by atoms with Crippen LogP contribution in [0.4, 0.5) is 0 Å². The molecule has 1 saturated carbocycles. The summed E-state index contributed by atoms with van der Waals surface area (Å²) in [5.41, 5.74) is 1.01. The number of hydrogen-bond acceptors (Lipinski definition) is 6. The standard InChI is InChI=1S/C14H19N5O/c1-3-15-11(10-4-5-10)6-12-18-14(19-20-12)13-16-7-9(2)8-17-13/h7-8,10-11,15H,3-6H2,1-2H3. The van der Waals surface area contributed by atoms with E-state index >= 15 is 0 Å². The van der Waals surface area contributed by atoms with Crippen molar-refractivity contribution in [2.24, 2.45) is 5.92 Å².